The Bertz CT molecular complexity index is 827. The minimum atomic E-state index is -0.210. The predicted molar refractivity (Wildman–Crippen MR) is 93.1 cm³/mol. The Kier molecular flexibility index (Phi) is 5.09. The Balaban J connectivity index is 1.67. The number of amides is 1. The fourth-order valence-corrected chi connectivity index (χ4v) is 2.32. The number of carbonyl (C=O) groups is 1. The van der Waals surface area contributed by atoms with Gasteiger partial charge >= 0.3 is 0 Å². The first-order valence-corrected chi connectivity index (χ1v) is 8.02. The summed E-state index contributed by atoms with van der Waals surface area (Å²) in [6, 6.07) is 10.8. The van der Waals surface area contributed by atoms with Crippen LogP contribution in [0.5, 0.6) is 5.88 Å². The summed E-state index contributed by atoms with van der Waals surface area (Å²) in [7, 11) is 0. The minimum absolute atomic E-state index is 0.0396. The van der Waals surface area contributed by atoms with E-state index in [2.05, 4.69) is 15.3 Å². The van der Waals surface area contributed by atoms with Crippen molar-refractivity contribution < 1.29 is 13.9 Å². The van der Waals surface area contributed by atoms with Gasteiger partial charge in [0.15, 0.2) is 5.76 Å². The van der Waals surface area contributed by atoms with Crippen molar-refractivity contribution in [3.8, 4) is 17.3 Å². The lowest BCUT2D eigenvalue weighted by Gasteiger charge is -2.10. The molecule has 0 aliphatic heterocycles. The zero-order valence-electron chi connectivity index (χ0n) is 14.1. The lowest BCUT2D eigenvalue weighted by Crippen LogP contribution is -2.23. The molecule has 0 aliphatic rings. The van der Waals surface area contributed by atoms with Gasteiger partial charge in [0.25, 0.3) is 5.91 Å². The quantitative estimate of drug-likeness (QED) is 0.745. The molecule has 0 radical (unpaired) electrons. The Labute approximate surface area is 145 Å². The van der Waals surface area contributed by atoms with Crippen molar-refractivity contribution in [2.45, 2.75) is 26.5 Å². The van der Waals surface area contributed by atoms with Crippen LogP contribution in [0.4, 0.5) is 0 Å². The first-order valence-electron chi connectivity index (χ1n) is 8.02. The van der Waals surface area contributed by atoms with Crippen LogP contribution in [0.1, 0.15) is 29.8 Å². The number of hydrogen-bond acceptors (Lipinski definition) is 5. The van der Waals surface area contributed by atoms with Crippen molar-refractivity contribution in [3.63, 3.8) is 0 Å². The molecule has 25 heavy (non-hydrogen) atoms. The molecule has 0 fully saturated rings. The van der Waals surface area contributed by atoms with Crippen LogP contribution in [0.25, 0.3) is 11.5 Å². The molecule has 0 bridgehead atoms. The van der Waals surface area contributed by atoms with Crippen molar-refractivity contribution in [2.24, 2.45) is 0 Å². The number of carbonyl (C=O) groups excluding carboxylic acids is 1. The SMILES string of the molecule is CC(C)Oc1ccc(C(=O)NCc2cccnc2-c2ccco2)cn1. The van der Waals surface area contributed by atoms with Crippen molar-refractivity contribution in [1.29, 1.82) is 0 Å². The van der Waals surface area contributed by atoms with E-state index in [1.54, 1.807) is 30.7 Å². The van der Waals surface area contributed by atoms with Crippen LogP contribution in [0.2, 0.25) is 0 Å². The molecule has 0 atom stereocenters. The van der Waals surface area contributed by atoms with E-state index in [-0.39, 0.29) is 12.0 Å². The monoisotopic (exact) mass is 337 g/mol. The first-order chi connectivity index (χ1) is 12.1. The molecule has 0 aliphatic carbocycles. The lowest BCUT2D eigenvalue weighted by atomic mass is 10.1. The van der Waals surface area contributed by atoms with Crippen LogP contribution in [-0.2, 0) is 6.54 Å². The highest BCUT2D eigenvalue weighted by atomic mass is 16.5. The van der Waals surface area contributed by atoms with Gasteiger partial charge in [0.05, 0.1) is 17.9 Å². The summed E-state index contributed by atoms with van der Waals surface area (Å²) >= 11 is 0. The average Bonchev–Trinajstić information content (AvgIpc) is 3.14. The average molecular weight is 337 g/mol. The van der Waals surface area contributed by atoms with Crippen LogP contribution >= 0.6 is 0 Å². The molecule has 6 nitrogen and oxygen atoms in total. The van der Waals surface area contributed by atoms with E-state index in [9.17, 15) is 4.79 Å². The van der Waals surface area contributed by atoms with Crippen LogP contribution in [-0.4, -0.2) is 22.0 Å². The molecule has 3 aromatic heterocycles. The molecule has 1 amide bonds. The number of pyridine rings is 2. The molecule has 0 unspecified atom stereocenters. The Morgan fingerprint density at radius 1 is 1.20 bits per heavy atom. The van der Waals surface area contributed by atoms with Crippen LogP contribution in [0.3, 0.4) is 0 Å². The fraction of sp³-hybridized carbons (Fsp3) is 0.211. The van der Waals surface area contributed by atoms with E-state index in [4.69, 9.17) is 9.15 Å². The minimum Gasteiger partial charge on any atom is -0.475 e. The van der Waals surface area contributed by atoms with E-state index >= 15 is 0 Å². The van der Waals surface area contributed by atoms with Crippen LogP contribution < -0.4 is 10.1 Å². The number of ether oxygens (including phenoxy) is 1. The Morgan fingerprint density at radius 3 is 2.76 bits per heavy atom. The van der Waals surface area contributed by atoms with Crippen LogP contribution in [0.15, 0.2) is 59.5 Å². The second-order valence-electron chi connectivity index (χ2n) is 5.72. The summed E-state index contributed by atoms with van der Waals surface area (Å²) in [5.74, 6) is 0.957. The normalized spacial score (nSPS) is 10.7. The van der Waals surface area contributed by atoms with Crippen molar-refractivity contribution >= 4 is 5.91 Å². The predicted octanol–water partition coefficient (Wildman–Crippen LogP) is 3.45. The molecule has 128 valence electrons. The van der Waals surface area contributed by atoms with Gasteiger partial charge in [0, 0.05) is 30.6 Å². The zero-order chi connectivity index (χ0) is 17.6. The Hall–Kier alpha value is -3.15. The highest BCUT2D eigenvalue weighted by Gasteiger charge is 2.11. The Morgan fingerprint density at radius 2 is 2.08 bits per heavy atom. The summed E-state index contributed by atoms with van der Waals surface area (Å²) in [6.45, 7) is 4.19. The summed E-state index contributed by atoms with van der Waals surface area (Å²) in [4.78, 5) is 20.8. The van der Waals surface area contributed by atoms with Crippen LogP contribution in [0, 0.1) is 0 Å². The topological polar surface area (TPSA) is 77.2 Å². The smallest absolute Gasteiger partial charge is 0.253 e. The van der Waals surface area contributed by atoms with Gasteiger partial charge in [0.2, 0.25) is 5.88 Å². The molecule has 0 saturated carbocycles. The molecule has 3 heterocycles. The summed E-state index contributed by atoms with van der Waals surface area (Å²) < 4.78 is 10.9. The molecule has 1 N–H and O–H groups in total. The summed E-state index contributed by atoms with van der Waals surface area (Å²) in [6.07, 6.45) is 4.83. The van der Waals surface area contributed by atoms with Crippen molar-refractivity contribution in [2.75, 3.05) is 0 Å². The molecule has 3 rings (SSSR count). The lowest BCUT2D eigenvalue weighted by molar-refractivity contribution is 0.0950. The first kappa shape index (κ1) is 16.7. The van der Waals surface area contributed by atoms with Crippen molar-refractivity contribution in [1.82, 2.24) is 15.3 Å². The highest BCUT2D eigenvalue weighted by molar-refractivity contribution is 5.93. The third-order valence-electron chi connectivity index (χ3n) is 3.44. The maximum Gasteiger partial charge on any atom is 0.253 e. The molecule has 0 saturated heterocycles. The third kappa shape index (κ3) is 4.23. The maximum absolute atomic E-state index is 12.3. The van der Waals surface area contributed by atoms with Crippen molar-refractivity contribution in [3.05, 3.63) is 66.2 Å². The van der Waals surface area contributed by atoms with E-state index in [0.717, 1.165) is 5.56 Å². The van der Waals surface area contributed by atoms with E-state index in [0.29, 0.717) is 29.4 Å². The molecular weight excluding hydrogens is 318 g/mol. The second-order valence-corrected chi connectivity index (χ2v) is 5.72. The number of rotatable bonds is 6. The molecule has 6 heteroatoms. The van der Waals surface area contributed by atoms with Gasteiger partial charge < -0.3 is 14.5 Å². The summed E-state index contributed by atoms with van der Waals surface area (Å²) in [5.41, 5.74) is 2.06. The van der Waals surface area contributed by atoms with Gasteiger partial charge in [-0.05, 0) is 38.1 Å². The zero-order valence-corrected chi connectivity index (χ0v) is 14.1. The number of nitrogens with zero attached hydrogens (tertiary/aromatic N) is 2. The molecule has 0 spiro atoms. The van der Waals surface area contributed by atoms with Gasteiger partial charge in [0.1, 0.15) is 5.69 Å². The van der Waals surface area contributed by atoms with E-state index in [1.165, 1.54) is 6.20 Å². The van der Waals surface area contributed by atoms with Gasteiger partial charge in [-0.3, -0.25) is 9.78 Å². The molecule has 3 aromatic rings. The van der Waals surface area contributed by atoms with E-state index in [1.807, 2.05) is 32.0 Å². The molecule has 0 aromatic carbocycles. The van der Waals surface area contributed by atoms with E-state index < -0.39 is 0 Å². The van der Waals surface area contributed by atoms with Gasteiger partial charge in [-0.1, -0.05) is 6.07 Å². The number of hydrogen-bond donors (Lipinski definition) is 1. The number of furan rings is 1. The van der Waals surface area contributed by atoms with Gasteiger partial charge in [-0.25, -0.2) is 4.98 Å². The fourth-order valence-electron chi connectivity index (χ4n) is 2.32. The summed E-state index contributed by atoms with van der Waals surface area (Å²) in [5, 5.41) is 2.88. The van der Waals surface area contributed by atoms with Gasteiger partial charge in [-0.15, -0.1) is 0 Å². The highest BCUT2D eigenvalue weighted by Crippen LogP contribution is 2.21. The largest absolute Gasteiger partial charge is 0.475 e. The molecular formula is C19H19N3O3. The standard InChI is InChI=1S/C19H19N3O3/c1-13(2)25-17-8-7-15(12-21-17)19(23)22-11-14-5-3-9-20-18(14)16-6-4-10-24-16/h3-10,12-13H,11H2,1-2H3,(H,22,23). The second kappa shape index (κ2) is 7.61. The third-order valence-corrected chi connectivity index (χ3v) is 3.44. The maximum atomic E-state index is 12.3. The number of aromatic nitrogens is 2. The number of nitrogens with one attached hydrogen (secondary N) is 1. The van der Waals surface area contributed by atoms with Gasteiger partial charge in [-0.2, -0.15) is 0 Å².